The molecule has 0 aliphatic carbocycles. The zero-order chi connectivity index (χ0) is 20.8. The van der Waals surface area contributed by atoms with E-state index in [1.807, 2.05) is 19.1 Å². The van der Waals surface area contributed by atoms with Crippen molar-refractivity contribution in [2.24, 2.45) is 0 Å². The average molecular weight is 435 g/mol. The van der Waals surface area contributed by atoms with Gasteiger partial charge < -0.3 is 15.5 Å². The number of rotatable bonds is 6. The average Bonchev–Trinajstić information content (AvgIpc) is 3.26. The van der Waals surface area contributed by atoms with E-state index in [-0.39, 0.29) is 24.3 Å². The van der Waals surface area contributed by atoms with Crippen LogP contribution in [-0.4, -0.2) is 40.7 Å². The van der Waals surface area contributed by atoms with Gasteiger partial charge in [-0.1, -0.05) is 12.8 Å². The van der Waals surface area contributed by atoms with Gasteiger partial charge in [-0.25, -0.2) is 4.98 Å². The van der Waals surface area contributed by atoms with Gasteiger partial charge in [0.25, 0.3) is 0 Å². The number of thiophene rings is 1. The molecule has 0 bridgehead atoms. The Bertz CT molecular complexity index is 890. The maximum absolute atomic E-state index is 12.5. The first-order valence-corrected chi connectivity index (χ1v) is 11.4. The number of carbonyl (C=O) groups is 3. The van der Waals surface area contributed by atoms with Gasteiger partial charge >= 0.3 is 0 Å². The lowest BCUT2D eigenvalue weighted by Crippen LogP contribution is -2.39. The number of aromatic nitrogens is 1. The molecule has 0 atom stereocenters. The van der Waals surface area contributed by atoms with Crippen molar-refractivity contribution in [1.29, 1.82) is 0 Å². The van der Waals surface area contributed by atoms with Crippen LogP contribution in [0.15, 0.2) is 12.1 Å². The van der Waals surface area contributed by atoms with Crippen LogP contribution in [0.1, 0.15) is 48.8 Å². The van der Waals surface area contributed by atoms with Gasteiger partial charge in [-0.2, -0.15) is 0 Å². The highest BCUT2D eigenvalue weighted by atomic mass is 32.1. The first kappa shape index (κ1) is 21.4. The fourth-order valence-corrected chi connectivity index (χ4v) is 5.11. The second-order valence-corrected chi connectivity index (χ2v) is 9.50. The number of amides is 3. The molecular formula is C20H26N4O3S2. The van der Waals surface area contributed by atoms with Gasteiger partial charge in [0, 0.05) is 29.6 Å². The summed E-state index contributed by atoms with van der Waals surface area (Å²) in [7, 11) is 0. The lowest BCUT2D eigenvalue weighted by atomic mass is 10.1. The molecule has 3 rings (SSSR count). The van der Waals surface area contributed by atoms with E-state index in [0.29, 0.717) is 24.6 Å². The van der Waals surface area contributed by atoms with Gasteiger partial charge in [0.1, 0.15) is 0 Å². The van der Waals surface area contributed by atoms with Crippen LogP contribution in [0.3, 0.4) is 0 Å². The van der Waals surface area contributed by atoms with E-state index in [4.69, 9.17) is 0 Å². The Kier molecular flexibility index (Phi) is 7.38. The highest BCUT2D eigenvalue weighted by molar-refractivity contribution is 7.18. The Morgan fingerprint density at radius 1 is 1.17 bits per heavy atom. The van der Waals surface area contributed by atoms with Gasteiger partial charge in [0.2, 0.25) is 17.7 Å². The topological polar surface area (TPSA) is 91.4 Å². The van der Waals surface area contributed by atoms with Crippen molar-refractivity contribution in [2.75, 3.05) is 18.4 Å². The van der Waals surface area contributed by atoms with Crippen LogP contribution in [0.2, 0.25) is 0 Å². The van der Waals surface area contributed by atoms with Gasteiger partial charge in [-0.15, -0.1) is 22.7 Å². The van der Waals surface area contributed by atoms with Gasteiger partial charge in [0.05, 0.1) is 23.7 Å². The number of likely N-dealkylation sites (tertiary alicyclic amines) is 1. The van der Waals surface area contributed by atoms with Crippen LogP contribution >= 0.6 is 22.7 Å². The Labute approximate surface area is 178 Å². The molecule has 0 unspecified atom stereocenters. The van der Waals surface area contributed by atoms with Gasteiger partial charge in [-0.05, 0) is 31.9 Å². The van der Waals surface area contributed by atoms with Crippen molar-refractivity contribution in [2.45, 2.75) is 52.5 Å². The first-order valence-electron chi connectivity index (χ1n) is 9.81. The number of nitrogens with one attached hydrogen (secondary N) is 2. The van der Waals surface area contributed by atoms with E-state index < -0.39 is 0 Å². The number of carbonyl (C=O) groups excluding carboxylic acids is 3. The predicted octanol–water partition coefficient (Wildman–Crippen LogP) is 3.55. The quantitative estimate of drug-likeness (QED) is 0.727. The minimum Gasteiger partial charge on any atom is -0.351 e. The molecule has 0 saturated carbocycles. The molecule has 9 heteroatoms. The summed E-state index contributed by atoms with van der Waals surface area (Å²) >= 11 is 3.00. The second-order valence-electron chi connectivity index (χ2n) is 7.13. The number of anilines is 1. The molecule has 1 saturated heterocycles. The number of aryl methyl sites for hydroxylation is 1. The molecule has 2 N–H and O–H groups in total. The van der Waals surface area contributed by atoms with Crippen molar-refractivity contribution in [1.82, 2.24) is 15.2 Å². The van der Waals surface area contributed by atoms with Crippen LogP contribution in [0.5, 0.6) is 0 Å². The summed E-state index contributed by atoms with van der Waals surface area (Å²) in [6, 6.07) is 3.95. The van der Waals surface area contributed by atoms with Gasteiger partial charge in [0.15, 0.2) is 5.13 Å². The summed E-state index contributed by atoms with van der Waals surface area (Å²) < 4.78 is 0. The van der Waals surface area contributed by atoms with E-state index >= 15 is 0 Å². The largest absolute Gasteiger partial charge is 0.351 e. The molecule has 3 amide bonds. The fourth-order valence-electron chi connectivity index (χ4n) is 3.20. The van der Waals surface area contributed by atoms with Crippen molar-refractivity contribution in [3.8, 4) is 10.6 Å². The molecule has 1 fully saturated rings. The summed E-state index contributed by atoms with van der Waals surface area (Å²) in [4.78, 5) is 45.0. The summed E-state index contributed by atoms with van der Waals surface area (Å²) in [6.45, 7) is 4.68. The van der Waals surface area contributed by atoms with Crippen LogP contribution in [0, 0.1) is 6.92 Å². The van der Waals surface area contributed by atoms with Crippen LogP contribution in [0.25, 0.3) is 10.6 Å². The third-order valence-corrected chi connectivity index (χ3v) is 6.68. The molecule has 2 aromatic rings. The summed E-state index contributed by atoms with van der Waals surface area (Å²) in [5.41, 5.74) is 0.840. The van der Waals surface area contributed by atoms with E-state index in [2.05, 4.69) is 15.6 Å². The predicted molar refractivity (Wildman–Crippen MR) is 116 cm³/mol. The summed E-state index contributed by atoms with van der Waals surface area (Å²) in [6.07, 6.45) is 4.55. The number of hydrogen-bond donors (Lipinski definition) is 2. The van der Waals surface area contributed by atoms with E-state index in [9.17, 15) is 14.4 Å². The van der Waals surface area contributed by atoms with E-state index in [1.165, 1.54) is 18.3 Å². The second kappa shape index (κ2) is 9.98. The molecule has 1 aliphatic heterocycles. The van der Waals surface area contributed by atoms with Crippen molar-refractivity contribution >= 4 is 45.5 Å². The third kappa shape index (κ3) is 6.11. The first-order chi connectivity index (χ1) is 13.9. The maximum atomic E-state index is 12.5. The van der Waals surface area contributed by atoms with Crippen molar-refractivity contribution in [3.05, 3.63) is 21.9 Å². The SMILES string of the molecule is CC(=O)NCc1ccc(-c2nc(NC(=O)CN3CCCCCCC3=O)sc2C)s1. The molecule has 29 heavy (non-hydrogen) atoms. The molecule has 7 nitrogen and oxygen atoms in total. The standard InChI is InChI=1S/C20H26N4O3S2/c1-13-19(16-9-8-15(29-16)11-21-14(2)25)23-20(28-13)22-17(26)12-24-10-6-4-3-5-7-18(24)27/h8-9H,3-7,10-12H2,1-2H3,(H,21,25)(H,22,23,26). The fraction of sp³-hybridized carbons (Fsp3) is 0.500. The van der Waals surface area contributed by atoms with E-state index in [0.717, 1.165) is 46.0 Å². The monoisotopic (exact) mass is 434 g/mol. The van der Waals surface area contributed by atoms with Crippen LogP contribution < -0.4 is 10.6 Å². The maximum Gasteiger partial charge on any atom is 0.245 e. The Hall–Kier alpha value is -2.26. The molecule has 0 spiro atoms. The minimum absolute atomic E-state index is 0.0566. The van der Waals surface area contributed by atoms with Crippen LogP contribution in [-0.2, 0) is 20.9 Å². The Morgan fingerprint density at radius 3 is 2.76 bits per heavy atom. The summed E-state index contributed by atoms with van der Waals surface area (Å²) in [5, 5.41) is 6.17. The molecule has 0 aromatic carbocycles. The minimum atomic E-state index is -0.211. The molecule has 156 valence electrons. The lowest BCUT2D eigenvalue weighted by Gasteiger charge is -2.23. The van der Waals surface area contributed by atoms with Crippen molar-refractivity contribution < 1.29 is 14.4 Å². The number of hydrogen-bond acceptors (Lipinski definition) is 6. The number of nitrogens with zero attached hydrogens (tertiary/aromatic N) is 2. The Morgan fingerprint density at radius 2 is 1.97 bits per heavy atom. The molecule has 3 heterocycles. The zero-order valence-electron chi connectivity index (χ0n) is 16.7. The molecule has 0 radical (unpaired) electrons. The highest BCUT2D eigenvalue weighted by Crippen LogP contribution is 2.34. The smallest absolute Gasteiger partial charge is 0.245 e. The zero-order valence-corrected chi connectivity index (χ0v) is 18.4. The highest BCUT2D eigenvalue weighted by Gasteiger charge is 2.20. The third-order valence-electron chi connectivity index (χ3n) is 4.71. The Balaban J connectivity index is 1.61. The molecule has 2 aromatic heterocycles. The molecule has 1 aliphatic rings. The normalized spacial score (nSPS) is 15.0. The van der Waals surface area contributed by atoms with Gasteiger partial charge in [-0.3, -0.25) is 14.4 Å². The molecular weight excluding hydrogens is 408 g/mol. The number of thiazole rings is 1. The van der Waals surface area contributed by atoms with Crippen molar-refractivity contribution in [3.63, 3.8) is 0 Å². The van der Waals surface area contributed by atoms with E-state index in [1.54, 1.807) is 16.2 Å². The lowest BCUT2D eigenvalue weighted by molar-refractivity contribution is -0.135. The van der Waals surface area contributed by atoms with Crippen LogP contribution in [0.4, 0.5) is 5.13 Å². The summed E-state index contributed by atoms with van der Waals surface area (Å²) in [5.74, 6) is -0.216.